The number of carbonyl (C=O) groups is 1. The monoisotopic (exact) mass is 503 g/mol. The lowest BCUT2D eigenvalue weighted by Gasteiger charge is -2.28. The first-order valence-electron chi connectivity index (χ1n) is 12.2. The van der Waals surface area contributed by atoms with Crippen molar-refractivity contribution in [2.24, 2.45) is 11.3 Å². The zero-order valence-corrected chi connectivity index (χ0v) is 21.3. The fourth-order valence-corrected chi connectivity index (χ4v) is 4.41. The number of benzene rings is 1. The Morgan fingerprint density at radius 2 is 1.83 bits per heavy atom. The highest BCUT2D eigenvalue weighted by molar-refractivity contribution is 5.98. The summed E-state index contributed by atoms with van der Waals surface area (Å²) in [6, 6.07) is 5.02. The summed E-state index contributed by atoms with van der Waals surface area (Å²) in [5.74, 6) is 1.55. The molecule has 4 rings (SSSR count). The molecule has 0 unspecified atom stereocenters. The van der Waals surface area contributed by atoms with Crippen molar-refractivity contribution in [3.63, 3.8) is 0 Å². The number of halogens is 3. The van der Waals surface area contributed by atoms with Crippen molar-refractivity contribution < 1.29 is 22.5 Å². The van der Waals surface area contributed by atoms with Crippen LogP contribution < -0.4 is 4.90 Å². The van der Waals surface area contributed by atoms with Crippen LogP contribution in [-0.2, 0) is 17.4 Å². The van der Waals surface area contributed by atoms with Crippen LogP contribution in [0.5, 0.6) is 0 Å². The van der Waals surface area contributed by atoms with E-state index >= 15 is 0 Å². The van der Waals surface area contributed by atoms with Crippen molar-refractivity contribution in [3.05, 3.63) is 35.7 Å². The Morgan fingerprint density at radius 1 is 1.08 bits per heavy atom. The fourth-order valence-electron chi connectivity index (χ4n) is 4.41. The van der Waals surface area contributed by atoms with E-state index in [0.29, 0.717) is 55.5 Å². The van der Waals surface area contributed by atoms with Crippen LogP contribution >= 0.6 is 0 Å². The van der Waals surface area contributed by atoms with E-state index in [9.17, 15) is 18.0 Å². The Balaban J connectivity index is 1.78. The highest BCUT2D eigenvalue weighted by atomic mass is 19.4. The number of hydrogen-bond acceptors (Lipinski definition) is 6. The van der Waals surface area contributed by atoms with Crippen LogP contribution in [0.2, 0.25) is 0 Å². The first-order chi connectivity index (χ1) is 16.8. The molecule has 1 saturated heterocycles. The molecular formula is C26H32F3N5O2. The average molecular weight is 504 g/mol. The van der Waals surface area contributed by atoms with Crippen LogP contribution in [0.15, 0.2) is 28.8 Å². The highest BCUT2D eigenvalue weighted by Gasteiger charge is 2.32. The molecule has 1 aliphatic rings. The molecule has 0 saturated carbocycles. The van der Waals surface area contributed by atoms with Crippen LogP contribution in [0, 0.1) is 11.3 Å². The van der Waals surface area contributed by atoms with E-state index in [1.807, 2.05) is 25.7 Å². The van der Waals surface area contributed by atoms with Gasteiger partial charge in [0.1, 0.15) is 22.7 Å². The molecule has 36 heavy (non-hydrogen) atoms. The SMILES string of the molecule is CC(C)Cc1nc(N2CCCN(C(=O)C(C)(C)C)CC2)c2c(-c3cccc(C(F)(F)F)c3)noc2n1. The van der Waals surface area contributed by atoms with E-state index in [4.69, 9.17) is 9.51 Å². The van der Waals surface area contributed by atoms with Gasteiger partial charge in [-0.05, 0) is 24.5 Å². The Morgan fingerprint density at radius 3 is 2.50 bits per heavy atom. The molecule has 194 valence electrons. The minimum absolute atomic E-state index is 0.0901. The van der Waals surface area contributed by atoms with Crippen molar-refractivity contribution in [1.82, 2.24) is 20.0 Å². The van der Waals surface area contributed by atoms with Gasteiger partial charge in [0.15, 0.2) is 0 Å². The average Bonchev–Trinajstić information content (AvgIpc) is 3.06. The van der Waals surface area contributed by atoms with Gasteiger partial charge in [-0.2, -0.15) is 18.2 Å². The molecule has 0 atom stereocenters. The largest absolute Gasteiger partial charge is 0.416 e. The Kier molecular flexibility index (Phi) is 6.99. The number of fused-ring (bicyclic) bond motifs is 1. The van der Waals surface area contributed by atoms with Crippen molar-refractivity contribution >= 4 is 22.8 Å². The maximum Gasteiger partial charge on any atom is 0.416 e. The van der Waals surface area contributed by atoms with E-state index in [0.717, 1.165) is 18.6 Å². The maximum absolute atomic E-state index is 13.4. The highest BCUT2D eigenvalue weighted by Crippen LogP contribution is 2.37. The van der Waals surface area contributed by atoms with Crippen molar-refractivity contribution in [1.29, 1.82) is 0 Å². The van der Waals surface area contributed by atoms with Crippen LogP contribution in [0.3, 0.4) is 0 Å². The van der Waals surface area contributed by atoms with E-state index in [1.54, 1.807) is 6.07 Å². The lowest BCUT2D eigenvalue weighted by atomic mass is 9.94. The Hall–Kier alpha value is -3.17. The summed E-state index contributed by atoms with van der Waals surface area (Å²) in [6.07, 6.45) is -3.13. The van der Waals surface area contributed by atoms with Gasteiger partial charge in [-0.25, -0.2) is 4.98 Å². The van der Waals surface area contributed by atoms with Crippen LogP contribution in [-0.4, -0.2) is 52.1 Å². The molecule has 0 aliphatic carbocycles. The minimum atomic E-state index is -4.48. The number of aromatic nitrogens is 3. The van der Waals surface area contributed by atoms with Gasteiger partial charge in [-0.1, -0.05) is 51.9 Å². The molecule has 2 aromatic heterocycles. The summed E-state index contributed by atoms with van der Waals surface area (Å²) in [5, 5.41) is 4.61. The summed E-state index contributed by atoms with van der Waals surface area (Å²) < 4.78 is 45.7. The van der Waals surface area contributed by atoms with Gasteiger partial charge in [0.05, 0.1) is 5.56 Å². The standard InChI is InChI=1S/C26H32F3N5O2/c1-16(2)14-19-30-22(33-10-7-11-34(13-12-33)24(35)25(3,4)5)20-21(32-36-23(20)31-19)17-8-6-9-18(15-17)26(27,28)29/h6,8-9,15-16H,7,10-14H2,1-5H3. The van der Waals surface area contributed by atoms with Crippen molar-refractivity contribution in [3.8, 4) is 11.3 Å². The van der Waals surface area contributed by atoms with Crippen LogP contribution in [0.4, 0.5) is 19.0 Å². The second kappa shape index (κ2) is 9.71. The summed E-state index contributed by atoms with van der Waals surface area (Å²) in [7, 11) is 0. The molecule has 1 aliphatic heterocycles. The number of anilines is 1. The van der Waals surface area contributed by atoms with E-state index in [2.05, 4.69) is 28.9 Å². The van der Waals surface area contributed by atoms with Gasteiger partial charge in [0.25, 0.3) is 5.71 Å². The quantitative estimate of drug-likeness (QED) is 0.462. The number of nitrogens with zero attached hydrogens (tertiary/aromatic N) is 5. The van der Waals surface area contributed by atoms with Gasteiger partial charge in [0.2, 0.25) is 5.91 Å². The normalized spacial score (nSPS) is 15.6. The summed E-state index contributed by atoms with van der Waals surface area (Å²) in [5.41, 5.74) is -0.443. The molecule has 0 bridgehead atoms. The number of hydrogen-bond donors (Lipinski definition) is 0. The third-order valence-corrected chi connectivity index (χ3v) is 6.14. The summed E-state index contributed by atoms with van der Waals surface area (Å²) in [6.45, 7) is 12.1. The molecule has 0 radical (unpaired) electrons. The first kappa shape index (κ1) is 25.9. The molecular weight excluding hydrogens is 471 g/mol. The molecule has 1 fully saturated rings. The van der Waals surface area contributed by atoms with Crippen LogP contribution in [0.25, 0.3) is 22.4 Å². The van der Waals surface area contributed by atoms with Gasteiger partial charge in [-0.3, -0.25) is 4.79 Å². The number of rotatable bonds is 4. The molecule has 10 heteroatoms. The third-order valence-electron chi connectivity index (χ3n) is 6.14. The molecule has 3 aromatic rings. The van der Waals surface area contributed by atoms with Gasteiger partial charge < -0.3 is 14.3 Å². The Bertz CT molecular complexity index is 1250. The van der Waals surface area contributed by atoms with Gasteiger partial charge >= 0.3 is 6.18 Å². The minimum Gasteiger partial charge on any atom is -0.354 e. The predicted octanol–water partition coefficient (Wildman–Crippen LogP) is 5.59. The van der Waals surface area contributed by atoms with Crippen LogP contribution in [0.1, 0.15) is 52.4 Å². The molecule has 1 aromatic carbocycles. The second-order valence-corrected chi connectivity index (χ2v) is 10.7. The smallest absolute Gasteiger partial charge is 0.354 e. The fraction of sp³-hybridized carbons (Fsp3) is 0.538. The second-order valence-electron chi connectivity index (χ2n) is 10.7. The summed E-state index contributed by atoms with van der Waals surface area (Å²) >= 11 is 0. The first-order valence-corrected chi connectivity index (χ1v) is 12.2. The maximum atomic E-state index is 13.4. The van der Waals surface area contributed by atoms with E-state index in [-0.39, 0.29) is 22.9 Å². The number of amides is 1. The zero-order chi connectivity index (χ0) is 26.3. The molecule has 7 nitrogen and oxygen atoms in total. The van der Waals surface area contributed by atoms with Gasteiger partial charge in [-0.15, -0.1) is 0 Å². The number of carbonyl (C=O) groups excluding carboxylic acids is 1. The molecule has 1 amide bonds. The van der Waals surface area contributed by atoms with Crippen molar-refractivity contribution in [2.45, 2.75) is 53.6 Å². The molecule has 0 spiro atoms. The molecule has 3 heterocycles. The molecule has 0 N–H and O–H groups in total. The Labute approximate surface area is 208 Å². The van der Waals surface area contributed by atoms with E-state index < -0.39 is 17.2 Å². The van der Waals surface area contributed by atoms with Crippen molar-refractivity contribution in [2.75, 3.05) is 31.1 Å². The summed E-state index contributed by atoms with van der Waals surface area (Å²) in [4.78, 5) is 26.2. The van der Waals surface area contributed by atoms with Gasteiger partial charge in [0, 0.05) is 43.6 Å². The zero-order valence-electron chi connectivity index (χ0n) is 21.3. The lowest BCUT2D eigenvalue weighted by Crippen LogP contribution is -2.41. The predicted molar refractivity (Wildman–Crippen MR) is 131 cm³/mol. The topological polar surface area (TPSA) is 75.4 Å². The third kappa shape index (κ3) is 5.47. The number of alkyl halides is 3. The van der Waals surface area contributed by atoms with E-state index in [1.165, 1.54) is 6.07 Å². The lowest BCUT2D eigenvalue weighted by molar-refractivity contribution is -0.139.